The second-order valence-corrected chi connectivity index (χ2v) is 4.21. The van der Waals surface area contributed by atoms with Crippen molar-refractivity contribution < 1.29 is 35.8 Å². The van der Waals surface area contributed by atoms with Crippen LogP contribution in [-0.2, 0) is 6.54 Å². The van der Waals surface area contributed by atoms with Gasteiger partial charge in [0.1, 0.15) is 12.4 Å². The Labute approximate surface area is 134 Å². The van der Waals surface area contributed by atoms with Crippen LogP contribution >= 0.6 is 0 Å². The van der Waals surface area contributed by atoms with Gasteiger partial charge in [0, 0.05) is 5.56 Å². The Hall–Kier alpha value is -2.08. The maximum atomic E-state index is 12.2. The molecule has 0 aliphatic heterocycles. The number of hydrogen-bond acceptors (Lipinski definition) is 3. The Kier molecular flexibility index (Phi) is 6.17. The van der Waals surface area contributed by atoms with E-state index >= 15 is 0 Å². The summed E-state index contributed by atoms with van der Waals surface area (Å²) in [6, 6.07) is 5.15. The molecule has 0 saturated carbocycles. The number of Topliss-reactive ketones (excluding diaryl/α,β-unsaturated/α-hetero) is 1. The predicted octanol–water partition coefficient (Wildman–Crippen LogP) is -1.22. The van der Waals surface area contributed by atoms with Crippen molar-refractivity contribution in [1.29, 1.82) is 0 Å². The molecule has 0 spiro atoms. The van der Waals surface area contributed by atoms with Crippen LogP contribution in [0.15, 0.2) is 43.5 Å². The van der Waals surface area contributed by atoms with Gasteiger partial charge >= 0.3 is 0 Å². The number of carbonyl (C=O) groups excluding carboxylic acids is 1. The predicted molar refractivity (Wildman–Crippen MR) is 74.9 cm³/mol. The molecule has 0 amide bonds. The Morgan fingerprint density at radius 3 is 2.62 bits per heavy atom. The second-order valence-electron chi connectivity index (χ2n) is 4.21. The maximum absolute atomic E-state index is 12.2. The lowest BCUT2D eigenvalue weighted by molar-refractivity contribution is -0.682. The fourth-order valence-corrected chi connectivity index (χ4v) is 1.88. The van der Waals surface area contributed by atoms with E-state index in [0.717, 1.165) is 0 Å². The van der Waals surface area contributed by atoms with Crippen molar-refractivity contribution in [3.05, 3.63) is 49.1 Å². The number of rotatable bonds is 6. The average molecular weight is 353 g/mol. The van der Waals surface area contributed by atoms with Crippen LogP contribution in [0.4, 0.5) is 0 Å². The number of imidazole rings is 1. The molecule has 0 N–H and O–H groups in total. The third-order valence-electron chi connectivity index (χ3n) is 2.95. The first kappa shape index (κ1) is 17.0. The van der Waals surface area contributed by atoms with Gasteiger partial charge in [0.05, 0.1) is 20.4 Å². The Bertz CT molecular complexity index is 638. The summed E-state index contributed by atoms with van der Waals surface area (Å²) < 4.78 is 13.9. The van der Waals surface area contributed by atoms with E-state index in [9.17, 15) is 4.79 Å². The Morgan fingerprint density at radius 1 is 1.33 bits per heavy atom. The minimum absolute atomic E-state index is 0. The summed E-state index contributed by atoms with van der Waals surface area (Å²) in [7, 11) is 3.11. The number of carbonyl (C=O) groups is 1. The van der Waals surface area contributed by atoms with Crippen LogP contribution in [0.1, 0.15) is 10.4 Å². The van der Waals surface area contributed by atoms with E-state index in [2.05, 4.69) is 6.58 Å². The summed E-state index contributed by atoms with van der Waals surface area (Å²) in [6.07, 6.45) is 7.11. The van der Waals surface area contributed by atoms with Crippen LogP contribution in [0.2, 0.25) is 0 Å². The summed E-state index contributed by atoms with van der Waals surface area (Å²) >= 11 is 0. The fraction of sp³-hybridized carbons (Fsp3) is 0.200. The molecule has 1 aromatic heterocycles. The maximum Gasteiger partial charge on any atom is 0.248 e. The van der Waals surface area contributed by atoms with Crippen LogP contribution in [0, 0.1) is 0 Å². The Balaban J connectivity index is 0.00000220. The smallest absolute Gasteiger partial charge is 0.248 e. The van der Waals surface area contributed by atoms with Crippen LogP contribution in [0.25, 0.3) is 6.20 Å². The molecule has 0 saturated heterocycles. The molecule has 0 aliphatic rings. The number of halogens is 1. The lowest BCUT2D eigenvalue weighted by Gasteiger charge is -2.08. The summed E-state index contributed by atoms with van der Waals surface area (Å²) in [5, 5.41) is 0. The van der Waals surface area contributed by atoms with E-state index in [1.165, 1.54) is 0 Å². The lowest BCUT2D eigenvalue weighted by atomic mass is 10.1. The van der Waals surface area contributed by atoms with E-state index in [4.69, 9.17) is 9.47 Å². The van der Waals surface area contributed by atoms with Gasteiger partial charge in [-0.1, -0.05) is 6.58 Å². The van der Waals surface area contributed by atoms with Crippen molar-refractivity contribution in [2.75, 3.05) is 14.2 Å². The number of benzene rings is 1. The summed E-state index contributed by atoms with van der Waals surface area (Å²) in [5.41, 5.74) is 0.585. The van der Waals surface area contributed by atoms with Crippen molar-refractivity contribution in [3.8, 4) is 11.5 Å². The molecule has 112 valence electrons. The zero-order valence-corrected chi connectivity index (χ0v) is 13.5. The SMILES string of the molecule is C=Cn1cc[n+](CC(=O)c2ccc(OC)c(OC)c2)c1.[Br-]. The molecule has 21 heavy (non-hydrogen) atoms. The van der Waals surface area contributed by atoms with Gasteiger partial charge in [0.25, 0.3) is 0 Å². The van der Waals surface area contributed by atoms with Gasteiger partial charge in [0.2, 0.25) is 12.1 Å². The molecule has 0 aliphatic carbocycles. The number of hydrogen-bond donors (Lipinski definition) is 0. The molecular formula is C15H17BrN2O3. The zero-order chi connectivity index (χ0) is 14.5. The number of ketones is 1. The van der Waals surface area contributed by atoms with E-state index in [-0.39, 0.29) is 29.3 Å². The second kappa shape index (κ2) is 7.64. The molecule has 0 bridgehead atoms. The third kappa shape index (κ3) is 3.95. The molecule has 0 unspecified atom stereocenters. The average Bonchev–Trinajstić information content (AvgIpc) is 2.94. The largest absolute Gasteiger partial charge is 1.00 e. The van der Waals surface area contributed by atoms with Crippen LogP contribution in [-0.4, -0.2) is 24.6 Å². The summed E-state index contributed by atoms with van der Waals surface area (Å²) in [5.74, 6) is 1.15. The number of nitrogens with zero attached hydrogens (tertiary/aromatic N) is 2. The van der Waals surface area contributed by atoms with Crippen molar-refractivity contribution in [3.63, 3.8) is 0 Å². The van der Waals surface area contributed by atoms with Gasteiger partial charge < -0.3 is 26.5 Å². The van der Waals surface area contributed by atoms with Crippen molar-refractivity contribution in [2.24, 2.45) is 0 Å². The fourth-order valence-electron chi connectivity index (χ4n) is 1.88. The first-order valence-corrected chi connectivity index (χ1v) is 6.12. The number of aromatic nitrogens is 2. The highest BCUT2D eigenvalue weighted by molar-refractivity contribution is 5.95. The highest BCUT2D eigenvalue weighted by Gasteiger charge is 2.14. The van der Waals surface area contributed by atoms with E-state index in [1.54, 1.807) is 54.1 Å². The molecule has 5 nitrogen and oxygen atoms in total. The molecular weight excluding hydrogens is 336 g/mol. The normalized spacial score (nSPS) is 9.62. The van der Waals surface area contributed by atoms with E-state index in [1.807, 2.05) is 12.4 Å². The monoisotopic (exact) mass is 352 g/mol. The molecule has 0 radical (unpaired) electrons. The van der Waals surface area contributed by atoms with E-state index < -0.39 is 0 Å². The molecule has 2 aromatic rings. The first-order chi connectivity index (χ1) is 9.67. The minimum Gasteiger partial charge on any atom is -1.00 e. The molecule has 0 atom stereocenters. The lowest BCUT2D eigenvalue weighted by Crippen LogP contribution is -3.00. The summed E-state index contributed by atoms with van der Waals surface area (Å²) in [4.78, 5) is 12.2. The van der Waals surface area contributed by atoms with Gasteiger partial charge in [0.15, 0.2) is 18.0 Å². The van der Waals surface area contributed by atoms with Gasteiger partial charge in [-0.3, -0.25) is 4.79 Å². The molecule has 2 rings (SSSR count). The number of methoxy groups -OCH3 is 2. The summed E-state index contributed by atoms with van der Waals surface area (Å²) in [6.45, 7) is 3.92. The van der Waals surface area contributed by atoms with Crippen LogP contribution < -0.4 is 31.0 Å². The quantitative estimate of drug-likeness (QED) is 0.483. The standard InChI is InChI=1S/C15H17N2O3.BrH/c1-4-16-7-8-17(11-16)10-13(18)12-5-6-14(19-2)15(9-12)20-3;/h4-9,11H,1,10H2,2-3H3;1H/q+1;/p-1. The van der Waals surface area contributed by atoms with Crippen LogP contribution in [0.3, 0.4) is 0 Å². The molecule has 6 heteroatoms. The van der Waals surface area contributed by atoms with Crippen molar-refractivity contribution in [2.45, 2.75) is 6.54 Å². The molecule has 1 aromatic carbocycles. The third-order valence-corrected chi connectivity index (χ3v) is 2.95. The Morgan fingerprint density at radius 2 is 2.05 bits per heavy atom. The van der Waals surface area contributed by atoms with Gasteiger partial charge in [-0.05, 0) is 18.2 Å². The topological polar surface area (TPSA) is 44.3 Å². The number of ether oxygens (including phenoxy) is 2. The van der Waals surface area contributed by atoms with Crippen LogP contribution in [0.5, 0.6) is 11.5 Å². The van der Waals surface area contributed by atoms with Gasteiger partial charge in [-0.2, -0.15) is 0 Å². The zero-order valence-electron chi connectivity index (χ0n) is 12.0. The van der Waals surface area contributed by atoms with Crippen molar-refractivity contribution >= 4 is 12.0 Å². The highest BCUT2D eigenvalue weighted by atomic mass is 79.9. The molecule has 1 heterocycles. The molecule has 0 fully saturated rings. The minimum atomic E-state index is -0.00207. The van der Waals surface area contributed by atoms with Gasteiger partial charge in [-0.15, -0.1) is 0 Å². The first-order valence-electron chi connectivity index (χ1n) is 6.12. The van der Waals surface area contributed by atoms with Gasteiger partial charge in [-0.25, -0.2) is 9.13 Å². The van der Waals surface area contributed by atoms with E-state index in [0.29, 0.717) is 17.1 Å². The van der Waals surface area contributed by atoms with Crippen molar-refractivity contribution in [1.82, 2.24) is 4.57 Å². The highest BCUT2D eigenvalue weighted by Crippen LogP contribution is 2.27.